The lowest BCUT2D eigenvalue weighted by atomic mass is 9.83. The van der Waals surface area contributed by atoms with Crippen molar-refractivity contribution >= 4 is 27.9 Å². The summed E-state index contributed by atoms with van der Waals surface area (Å²) >= 11 is 0. The Kier molecular flexibility index (Phi) is 2.68. The third-order valence-electron chi connectivity index (χ3n) is 3.83. The van der Waals surface area contributed by atoms with E-state index < -0.39 is 0 Å². The maximum absolute atomic E-state index is 6.21. The van der Waals surface area contributed by atoms with Crippen LogP contribution in [0.25, 0.3) is 10.8 Å². The first-order valence-electron chi connectivity index (χ1n) is 6.41. The van der Waals surface area contributed by atoms with Crippen molar-refractivity contribution in [3.8, 4) is 0 Å². The molecule has 0 saturated heterocycles. The van der Waals surface area contributed by atoms with Crippen molar-refractivity contribution in [3.05, 3.63) is 35.4 Å². The van der Waals surface area contributed by atoms with Crippen LogP contribution in [-0.2, 0) is 6.42 Å². The summed E-state index contributed by atoms with van der Waals surface area (Å²) in [5.41, 5.74) is 17.4. The van der Waals surface area contributed by atoms with Crippen LogP contribution in [0.1, 0.15) is 11.1 Å². The van der Waals surface area contributed by atoms with E-state index in [1.54, 1.807) is 7.05 Å². The van der Waals surface area contributed by atoms with Gasteiger partial charge in [0, 0.05) is 25.0 Å². The third-order valence-corrected chi connectivity index (χ3v) is 3.83. The van der Waals surface area contributed by atoms with Crippen molar-refractivity contribution in [1.29, 1.82) is 0 Å². The number of anilines is 2. The first kappa shape index (κ1) is 12.0. The molecule has 0 saturated carbocycles. The van der Waals surface area contributed by atoms with E-state index in [4.69, 9.17) is 11.5 Å². The second-order valence-electron chi connectivity index (χ2n) is 4.90. The second-order valence-corrected chi connectivity index (χ2v) is 4.90. The van der Waals surface area contributed by atoms with E-state index >= 15 is 0 Å². The van der Waals surface area contributed by atoms with Crippen molar-refractivity contribution in [1.82, 2.24) is 0 Å². The van der Waals surface area contributed by atoms with Gasteiger partial charge in [-0.05, 0) is 23.4 Å². The average molecular weight is 254 g/mol. The highest BCUT2D eigenvalue weighted by molar-refractivity contribution is 6.19. The second kappa shape index (κ2) is 4.24. The molecule has 0 aliphatic heterocycles. The molecule has 98 valence electrons. The lowest BCUT2D eigenvalue weighted by molar-refractivity contribution is 0.844. The number of nitrogens with zero attached hydrogens (tertiary/aromatic N) is 1. The average Bonchev–Trinajstić information content (AvgIpc) is 2.39. The molecule has 0 fully saturated rings. The van der Waals surface area contributed by atoms with Crippen LogP contribution in [-0.4, -0.2) is 25.8 Å². The molecule has 0 amide bonds. The van der Waals surface area contributed by atoms with E-state index in [0.717, 1.165) is 34.5 Å². The number of nitrogen functional groups attached to an aromatic ring is 1. The first-order chi connectivity index (χ1) is 9.17. The van der Waals surface area contributed by atoms with E-state index in [1.807, 2.05) is 19.2 Å². The molecule has 2 aromatic carbocycles. The minimum Gasteiger partial charge on any atom is -0.397 e. The highest BCUT2D eigenvalue weighted by atomic mass is 14.9. The Morgan fingerprint density at radius 1 is 1.37 bits per heavy atom. The quantitative estimate of drug-likeness (QED) is 0.679. The minimum atomic E-state index is -0.0528. The van der Waals surface area contributed by atoms with Crippen molar-refractivity contribution in [3.63, 3.8) is 0 Å². The molecule has 1 atom stereocenters. The SMILES string of the molecule is CN=C1c2cccc3c(NC)c(N)cc(c23)CC1N. The van der Waals surface area contributed by atoms with E-state index in [9.17, 15) is 0 Å². The number of nitrogens with two attached hydrogens (primary N) is 2. The Bertz CT molecular complexity index is 688. The van der Waals surface area contributed by atoms with Crippen molar-refractivity contribution in [2.75, 3.05) is 25.1 Å². The molecule has 3 rings (SSSR count). The van der Waals surface area contributed by atoms with Crippen LogP contribution < -0.4 is 16.8 Å². The summed E-state index contributed by atoms with van der Waals surface area (Å²) in [5, 5.41) is 5.56. The van der Waals surface area contributed by atoms with Crippen molar-refractivity contribution in [2.24, 2.45) is 10.7 Å². The zero-order chi connectivity index (χ0) is 13.6. The Hall–Kier alpha value is -2.07. The molecule has 0 bridgehead atoms. The molecule has 0 spiro atoms. The molecule has 19 heavy (non-hydrogen) atoms. The smallest absolute Gasteiger partial charge is 0.0651 e. The minimum absolute atomic E-state index is 0.0528. The number of nitrogens with one attached hydrogen (secondary N) is 1. The third kappa shape index (κ3) is 1.60. The standard InChI is InChI=1S/C15H18N4/c1-18-14-9-4-3-5-10-13(9)8(6-11(14)16)7-12(17)15(10)19-2/h3-6,12,18H,7,16-17H2,1-2H3. The predicted molar refractivity (Wildman–Crippen MR) is 82.0 cm³/mol. The summed E-state index contributed by atoms with van der Waals surface area (Å²) in [6, 6.07) is 8.19. The molecule has 5 N–H and O–H groups in total. The molecule has 0 aromatic heterocycles. The van der Waals surface area contributed by atoms with Gasteiger partial charge in [-0.15, -0.1) is 0 Å². The fourth-order valence-corrected chi connectivity index (χ4v) is 3.07. The van der Waals surface area contributed by atoms with E-state index in [0.29, 0.717) is 0 Å². The monoisotopic (exact) mass is 254 g/mol. The van der Waals surface area contributed by atoms with Crippen LogP contribution in [0.15, 0.2) is 29.3 Å². The number of hydrogen-bond donors (Lipinski definition) is 3. The summed E-state index contributed by atoms with van der Waals surface area (Å²) in [6.07, 6.45) is 0.786. The molecular weight excluding hydrogens is 236 g/mol. The summed E-state index contributed by atoms with van der Waals surface area (Å²) in [7, 11) is 3.69. The van der Waals surface area contributed by atoms with Crippen LogP contribution >= 0.6 is 0 Å². The normalized spacial score (nSPS) is 19.9. The Morgan fingerprint density at radius 3 is 2.84 bits per heavy atom. The Balaban J connectivity index is 2.46. The molecule has 4 heteroatoms. The van der Waals surface area contributed by atoms with Gasteiger partial charge in [0.1, 0.15) is 0 Å². The fraction of sp³-hybridized carbons (Fsp3) is 0.267. The van der Waals surface area contributed by atoms with Crippen LogP contribution in [0, 0.1) is 0 Å². The first-order valence-corrected chi connectivity index (χ1v) is 6.41. The van der Waals surface area contributed by atoms with Gasteiger partial charge in [0.15, 0.2) is 0 Å². The van der Waals surface area contributed by atoms with Crippen LogP contribution in [0.3, 0.4) is 0 Å². The summed E-state index contributed by atoms with van der Waals surface area (Å²) < 4.78 is 0. The van der Waals surface area contributed by atoms with E-state index in [-0.39, 0.29) is 6.04 Å². The van der Waals surface area contributed by atoms with Crippen LogP contribution in [0.4, 0.5) is 11.4 Å². The number of rotatable bonds is 1. The summed E-state index contributed by atoms with van der Waals surface area (Å²) in [4.78, 5) is 4.37. The van der Waals surface area contributed by atoms with Crippen LogP contribution in [0.5, 0.6) is 0 Å². The maximum Gasteiger partial charge on any atom is 0.0651 e. The molecule has 2 aromatic rings. The Morgan fingerprint density at radius 2 is 2.16 bits per heavy atom. The predicted octanol–water partition coefficient (Wildman–Crippen LogP) is 1.77. The summed E-state index contributed by atoms with van der Waals surface area (Å²) in [6.45, 7) is 0. The lowest BCUT2D eigenvalue weighted by Gasteiger charge is -2.26. The van der Waals surface area contributed by atoms with E-state index in [1.165, 1.54) is 10.9 Å². The number of hydrogen-bond acceptors (Lipinski definition) is 4. The van der Waals surface area contributed by atoms with Gasteiger partial charge in [0.25, 0.3) is 0 Å². The van der Waals surface area contributed by atoms with Crippen molar-refractivity contribution in [2.45, 2.75) is 12.5 Å². The van der Waals surface area contributed by atoms with Gasteiger partial charge in [-0.1, -0.05) is 18.2 Å². The molecule has 1 aliphatic carbocycles. The molecule has 0 heterocycles. The van der Waals surface area contributed by atoms with Crippen LogP contribution in [0.2, 0.25) is 0 Å². The van der Waals surface area contributed by atoms with Gasteiger partial charge < -0.3 is 16.8 Å². The highest BCUT2D eigenvalue weighted by Crippen LogP contribution is 2.37. The molecular formula is C15H18N4. The van der Waals surface area contributed by atoms with Gasteiger partial charge >= 0.3 is 0 Å². The number of benzene rings is 2. The largest absolute Gasteiger partial charge is 0.397 e. The zero-order valence-electron chi connectivity index (χ0n) is 11.2. The highest BCUT2D eigenvalue weighted by Gasteiger charge is 2.25. The van der Waals surface area contributed by atoms with Crippen molar-refractivity contribution < 1.29 is 0 Å². The van der Waals surface area contributed by atoms with E-state index in [2.05, 4.69) is 22.4 Å². The molecule has 4 nitrogen and oxygen atoms in total. The molecule has 0 radical (unpaired) electrons. The summed E-state index contributed by atoms with van der Waals surface area (Å²) in [5.74, 6) is 0. The van der Waals surface area contributed by atoms with Gasteiger partial charge in [-0.2, -0.15) is 0 Å². The fourth-order valence-electron chi connectivity index (χ4n) is 3.07. The topological polar surface area (TPSA) is 76.4 Å². The van der Waals surface area contributed by atoms with Gasteiger partial charge in [0.05, 0.1) is 23.1 Å². The zero-order valence-corrected chi connectivity index (χ0v) is 11.2. The molecule has 1 aliphatic rings. The maximum atomic E-state index is 6.21. The number of aliphatic imine (C=N–C) groups is 1. The Labute approximate surface area is 112 Å². The van der Waals surface area contributed by atoms with Gasteiger partial charge in [-0.3, -0.25) is 4.99 Å². The molecule has 1 unspecified atom stereocenters. The van der Waals surface area contributed by atoms with Gasteiger partial charge in [0.2, 0.25) is 0 Å². The lowest BCUT2D eigenvalue weighted by Crippen LogP contribution is -2.36. The van der Waals surface area contributed by atoms with Gasteiger partial charge in [-0.25, -0.2) is 0 Å².